The fraction of sp³-hybridized carbons (Fsp3) is 0.348. The molecule has 0 aliphatic rings. The lowest BCUT2D eigenvalue weighted by molar-refractivity contribution is -0.144. The second kappa shape index (κ2) is 10.9. The summed E-state index contributed by atoms with van der Waals surface area (Å²) in [5.41, 5.74) is 1.59. The topological polar surface area (TPSA) is 77.7 Å². The minimum absolute atomic E-state index is 0.137. The van der Waals surface area contributed by atoms with Gasteiger partial charge in [0.2, 0.25) is 11.8 Å². The van der Waals surface area contributed by atoms with E-state index in [-0.39, 0.29) is 12.5 Å². The number of aromatic nitrogens is 2. The minimum Gasteiger partial charge on any atom is -0.497 e. The second-order valence-electron chi connectivity index (χ2n) is 7.05. The number of methoxy groups -OCH3 is 1. The monoisotopic (exact) mass is 443 g/mol. The zero-order chi connectivity index (χ0) is 22.2. The first-order valence-electron chi connectivity index (χ1n) is 10.1. The van der Waals surface area contributed by atoms with Gasteiger partial charge in [-0.1, -0.05) is 42.8 Å². The zero-order valence-electron chi connectivity index (χ0n) is 17.9. The molecule has 0 N–H and O–H groups in total. The molecule has 0 saturated carbocycles. The lowest BCUT2D eigenvalue weighted by Crippen LogP contribution is -2.39. The van der Waals surface area contributed by atoms with Crippen molar-refractivity contribution in [2.45, 2.75) is 39.5 Å². The van der Waals surface area contributed by atoms with E-state index in [1.54, 1.807) is 25.0 Å². The number of ether oxygens (including phenoxy) is 2. The molecule has 3 rings (SSSR count). The van der Waals surface area contributed by atoms with Crippen molar-refractivity contribution in [3.63, 3.8) is 0 Å². The van der Waals surface area contributed by atoms with E-state index in [1.165, 1.54) is 0 Å². The summed E-state index contributed by atoms with van der Waals surface area (Å²) in [4.78, 5) is 14.6. The molecule has 0 aliphatic carbocycles. The molecule has 0 radical (unpaired) electrons. The maximum Gasteiger partial charge on any atom is 0.251 e. The number of amides is 1. The third-order valence-corrected chi connectivity index (χ3v) is 5.01. The molecule has 1 aromatic heterocycles. The first kappa shape index (κ1) is 22.8. The predicted molar refractivity (Wildman–Crippen MR) is 118 cm³/mol. The van der Waals surface area contributed by atoms with Crippen molar-refractivity contribution in [3.8, 4) is 17.2 Å². The van der Waals surface area contributed by atoms with Gasteiger partial charge in [0.15, 0.2) is 0 Å². The number of nitrogens with zero attached hydrogens (tertiary/aromatic N) is 3. The molecule has 1 unspecified atom stereocenters. The fourth-order valence-corrected chi connectivity index (χ4v) is 3.29. The lowest BCUT2D eigenvalue weighted by Gasteiger charge is -2.24. The molecule has 1 amide bonds. The normalized spacial score (nSPS) is 11.9. The first-order chi connectivity index (χ1) is 15.0. The quantitative estimate of drug-likeness (QED) is 0.450. The van der Waals surface area contributed by atoms with Gasteiger partial charge < -0.3 is 18.8 Å². The van der Waals surface area contributed by atoms with Crippen molar-refractivity contribution >= 4 is 17.5 Å². The van der Waals surface area contributed by atoms with Gasteiger partial charge in [0.25, 0.3) is 5.91 Å². The SMILES string of the molecule is CCCN(Cc1nnc(-c2ccccc2Cl)o1)C(=O)C(C)OCc1cccc(OC)c1. The highest BCUT2D eigenvalue weighted by Gasteiger charge is 2.23. The van der Waals surface area contributed by atoms with E-state index in [1.807, 2.05) is 49.4 Å². The minimum atomic E-state index is -0.622. The van der Waals surface area contributed by atoms with Crippen LogP contribution in [0.1, 0.15) is 31.7 Å². The Labute approximate surface area is 186 Å². The van der Waals surface area contributed by atoms with Gasteiger partial charge in [0, 0.05) is 6.54 Å². The average Bonchev–Trinajstić information content (AvgIpc) is 3.25. The Morgan fingerprint density at radius 3 is 2.74 bits per heavy atom. The summed E-state index contributed by atoms with van der Waals surface area (Å²) in [5, 5.41) is 8.69. The number of hydrogen-bond donors (Lipinski definition) is 0. The van der Waals surface area contributed by atoms with Crippen molar-refractivity contribution in [1.29, 1.82) is 0 Å². The summed E-state index contributed by atoms with van der Waals surface area (Å²) in [7, 11) is 1.61. The molecule has 164 valence electrons. The third kappa shape index (κ3) is 6.06. The standard InChI is InChI=1S/C23H26ClN3O4/c1-4-12-27(14-21-25-26-22(31-21)19-10-5-6-11-20(19)24)23(28)16(2)30-15-17-8-7-9-18(13-17)29-3/h5-11,13,16H,4,12,14-15H2,1-3H3. The van der Waals surface area contributed by atoms with Gasteiger partial charge in [0.05, 0.1) is 30.8 Å². The highest BCUT2D eigenvalue weighted by atomic mass is 35.5. The van der Waals surface area contributed by atoms with Gasteiger partial charge >= 0.3 is 0 Å². The number of carbonyl (C=O) groups is 1. The predicted octanol–water partition coefficient (Wildman–Crippen LogP) is 4.74. The molecule has 0 bridgehead atoms. The summed E-state index contributed by atoms with van der Waals surface area (Å²) in [6.07, 6.45) is 0.170. The van der Waals surface area contributed by atoms with E-state index in [0.29, 0.717) is 35.5 Å². The summed E-state index contributed by atoms with van der Waals surface area (Å²) in [6.45, 7) is 4.81. The molecule has 7 nitrogen and oxygen atoms in total. The Kier molecular flexibility index (Phi) is 8.03. The van der Waals surface area contributed by atoms with E-state index < -0.39 is 6.10 Å². The maximum absolute atomic E-state index is 13.0. The van der Waals surface area contributed by atoms with E-state index in [9.17, 15) is 4.79 Å². The largest absolute Gasteiger partial charge is 0.497 e. The molecule has 2 aromatic carbocycles. The molecular formula is C23H26ClN3O4. The van der Waals surface area contributed by atoms with E-state index in [0.717, 1.165) is 17.7 Å². The summed E-state index contributed by atoms with van der Waals surface area (Å²) < 4.78 is 16.8. The van der Waals surface area contributed by atoms with Crippen LogP contribution in [0.4, 0.5) is 0 Å². The van der Waals surface area contributed by atoms with Crippen molar-refractivity contribution < 1.29 is 18.7 Å². The molecule has 31 heavy (non-hydrogen) atoms. The molecule has 0 saturated heterocycles. The van der Waals surface area contributed by atoms with Crippen LogP contribution in [0, 0.1) is 0 Å². The number of benzene rings is 2. The van der Waals surface area contributed by atoms with E-state index in [2.05, 4.69) is 10.2 Å². The van der Waals surface area contributed by atoms with Gasteiger partial charge in [0.1, 0.15) is 11.9 Å². The van der Waals surface area contributed by atoms with Crippen LogP contribution in [-0.2, 0) is 22.7 Å². The van der Waals surface area contributed by atoms with Gasteiger partial charge in [-0.25, -0.2) is 0 Å². The van der Waals surface area contributed by atoms with Crippen LogP contribution in [0.15, 0.2) is 52.9 Å². The first-order valence-corrected chi connectivity index (χ1v) is 10.5. The molecule has 1 atom stereocenters. The van der Waals surface area contributed by atoms with Gasteiger partial charge in [-0.3, -0.25) is 4.79 Å². The van der Waals surface area contributed by atoms with Gasteiger partial charge in [-0.2, -0.15) is 0 Å². The van der Waals surface area contributed by atoms with Crippen LogP contribution in [-0.4, -0.2) is 40.8 Å². The Balaban J connectivity index is 1.64. The zero-order valence-corrected chi connectivity index (χ0v) is 18.6. The van der Waals surface area contributed by atoms with Crippen LogP contribution in [0.25, 0.3) is 11.5 Å². The highest BCUT2D eigenvalue weighted by molar-refractivity contribution is 6.33. The Hall–Kier alpha value is -2.90. The van der Waals surface area contributed by atoms with Crippen molar-refractivity contribution in [2.24, 2.45) is 0 Å². The van der Waals surface area contributed by atoms with E-state index >= 15 is 0 Å². The van der Waals surface area contributed by atoms with Crippen LogP contribution in [0.3, 0.4) is 0 Å². The van der Waals surface area contributed by atoms with Crippen molar-refractivity contribution in [1.82, 2.24) is 15.1 Å². The number of halogens is 1. The van der Waals surface area contributed by atoms with E-state index in [4.69, 9.17) is 25.5 Å². The van der Waals surface area contributed by atoms with Crippen LogP contribution < -0.4 is 4.74 Å². The maximum atomic E-state index is 13.0. The number of carbonyl (C=O) groups excluding carboxylic acids is 1. The Morgan fingerprint density at radius 2 is 2.00 bits per heavy atom. The molecule has 8 heteroatoms. The Bertz CT molecular complexity index is 1010. The van der Waals surface area contributed by atoms with Crippen LogP contribution >= 0.6 is 11.6 Å². The fourth-order valence-electron chi connectivity index (χ4n) is 3.07. The number of hydrogen-bond acceptors (Lipinski definition) is 6. The average molecular weight is 444 g/mol. The summed E-state index contributed by atoms with van der Waals surface area (Å²) >= 11 is 6.20. The Morgan fingerprint density at radius 1 is 1.19 bits per heavy atom. The molecule has 1 heterocycles. The third-order valence-electron chi connectivity index (χ3n) is 4.68. The molecular weight excluding hydrogens is 418 g/mol. The van der Waals surface area contributed by atoms with Crippen LogP contribution in [0.5, 0.6) is 5.75 Å². The highest BCUT2D eigenvalue weighted by Crippen LogP contribution is 2.26. The molecule has 0 spiro atoms. The molecule has 3 aromatic rings. The molecule has 0 fully saturated rings. The van der Waals surface area contributed by atoms with Crippen molar-refractivity contribution in [3.05, 3.63) is 65.0 Å². The lowest BCUT2D eigenvalue weighted by atomic mass is 10.2. The smallest absolute Gasteiger partial charge is 0.251 e. The summed E-state index contributed by atoms with van der Waals surface area (Å²) in [5.74, 6) is 1.28. The van der Waals surface area contributed by atoms with Crippen molar-refractivity contribution in [2.75, 3.05) is 13.7 Å². The number of rotatable bonds is 10. The van der Waals surface area contributed by atoms with Gasteiger partial charge in [-0.15, -0.1) is 10.2 Å². The van der Waals surface area contributed by atoms with Gasteiger partial charge in [-0.05, 0) is 43.2 Å². The second-order valence-corrected chi connectivity index (χ2v) is 7.45. The van der Waals surface area contributed by atoms with Crippen LogP contribution in [0.2, 0.25) is 5.02 Å². The molecule has 0 aliphatic heterocycles. The summed E-state index contributed by atoms with van der Waals surface area (Å²) in [6, 6.07) is 14.8.